The summed E-state index contributed by atoms with van der Waals surface area (Å²) >= 11 is 0. The highest BCUT2D eigenvalue weighted by atomic mass is 28.4. The van der Waals surface area contributed by atoms with E-state index < -0.39 is 8.80 Å². The van der Waals surface area contributed by atoms with Gasteiger partial charge in [-0.2, -0.15) is 0 Å². The average molecular weight is 509 g/mol. The van der Waals surface area contributed by atoms with Crippen LogP contribution in [0.2, 0.25) is 6.04 Å². The quantitative estimate of drug-likeness (QED) is 0.181. The van der Waals surface area contributed by atoms with Gasteiger partial charge in [-0.15, -0.1) is 0 Å². The fraction of sp³-hybridized carbons (Fsp3) is 0.778. The first-order valence-corrected chi connectivity index (χ1v) is 15.7. The van der Waals surface area contributed by atoms with E-state index in [4.69, 9.17) is 22.8 Å². The molecule has 7 nitrogen and oxygen atoms in total. The van der Waals surface area contributed by atoms with Gasteiger partial charge >= 0.3 is 8.80 Å². The molecule has 0 aliphatic carbocycles. The summed E-state index contributed by atoms with van der Waals surface area (Å²) in [5, 5.41) is 0. The van der Waals surface area contributed by atoms with Crippen LogP contribution in [0.15, 0.2) is 24.3 Å². The summed E-state index contributed by atoms with van der Waals surface area (Å²) in [6.45, 7) is 18.0. The molecule has 2 aliphatic rings. The Morgan fingerprint density at radius 3 is 1.71 bits per heavy atom. The zero-order valence-corrected chi connectivity index (χ0v) is 23.5. The molecule has 0 radical (unpaired) electrons. The molecule has 0 amide bonds. The number of epoxide rings is 2. The van der Waals surface area contributed by atoms with Crippen LogP contribution in [-0.4, -0.2) is 90.0 Å². The van der Waals surface area contributed by atoms with E-state index in [9.17, 15) is 0 Å². The summed E-state index contributed by atoms with van der Waals surface area (Å²) in [5.41, 5.74) is 2.75. The molecule has 8 heteroatoms. The van der Waals surface area contributed by atoms with Gasteiger partial charge in [0.2, 0.25) is 0 Å². The molecule has 2 atom stereocenters. The maximum atomic E-state index is 6.05. The third kappa shape index (κ3) is 11.0. The normalized spacial score (nSPS) is 19.6. The molecule has 0 bridgehead atoms. The molecule has 2 aliphatic heterocycles. The summed E-state index contributed by atoms with van der Waals surface area (Å²) in [6, 6.07) is 9.95. The monoisotopic (exact) mass is 508 g/mol. The first kappa shape index (κ1) is 28.7. The van der Waals surface area contributed by atoms with Crippen molar-refractivity contribution in [3.8, 4) is 0 Å². The minimum atomic E-state index is -2.60. The lowest BCUT2D eigenvalue weighted by Crippen LogP contribution is -2.46. The van der Waals surface area contributed by atoms with Gasteiger partial charge < -0.3 is 22.8 Å². The highest BCUT2D eigenvalue weighted by molar-refractivity contribution is 6.60. The summed E-state index contributed by atoms with van der Waals surface area (Å²) in [5.74, 6) is 0. The number of hydrogen-bond donors (Lipinski definition) is 0. The summed E-state index contributed by atoms with van der Waals surface area (Å²) in [6.07, 6.45) is 4.25. The van der Waals surface area contributed by atoms with Crippen molar-refractivity contribution in [1.29, 1.82) is 0 Å². The highest BCUT2D eigenvalue weighted by Crippen LogP contribution is 2.21. The Labute approximate surface area is 214 Å². The predicted octanol–water partition coefficient (Wildman–Crippen LogP) is 4.33. The molecule has 1 aromatic rings. The van der Waals surface area contributed by atoms with Crippen molar-refractivity contribution >= 4 is 8.80 Å². The van der Waals surface area contributed by atoms with Crippen molar-refractivity contribution < 1.29 is 22.8 Å². The Bertz CT molecular complexity index is 700. The molecule has 1 aromatic carbocycles. The predicted molar refractivity (Wildman–Crippen MR) is 141 cm³/mol. The molecular weight excluding hydrogens is 460 g/mol. The lowest BCUT2D eigenvalue weighted by molar-refractivity contribution is 0.0697. The molecule has 2 unspecified atom stereocenters. The molecule has 2 heterocycles. The van der Waals surface area contributed by atoms with E-state index in [1.807, 2.05) is 20.8 Å². The Morgan fingerprint density at radius 1 is 0.800 bits per heavy atom. The fourth-order valence-electron chi connectivity index (χ4n) is 4.64. The summed E-state index contributed by atoms with van der Waals surface area (Å²) < 4.78 is 29.2. The van der Waals surface area contributed by atoms with E-state index in [1.165, 1.54) is 24.0 Å². The van der Waals surface area contributed by atoms with E-state index in [0.29, 0.717) is 32.0 Å². The van der Waals surface area contributed by atoms with E-state index in [2.05, 4.69) is 41.0 Å². The van der Waals surface area contributed by atoms with Gasteiger partial charge in [-0.25, -0.2) is 0 Å². The number of benzene rings is 1. The van der Waals surface area contributed by atoms with E-state index >= 15 is 0 Å². The minimum absolute atomic E-state index is 0.369. The topological polar surface area (TPSA) is 59.2 Å². The van der Waals surface area contributed by atoms with Crippen molar-refractivity contribution in [1.82, 2.24) is 9.80 Å². The smallest absolute Gasteiger partial charge is 0.374 e. The minimum Gasteiger partial charge on any atom is -0.374 e. The Kier molecular flexibility index (Phi) is 12.7. The molecule has 0 N–H and O–H groups in total. The van der Waals surface area contributed by atoms with Crippen LogP contribution in [0, 0.1) is 0 Å². The summed E-state index contributed by atoms with van der Waals surface area (Å²) in [4.78, 5) is 5.07. The van der Waals surface area contributed by atoms with Crippen molar-refractivity contribution in [2.45, 2.75) is 78.3 Å². The van der Waals surface area contributed by atoms with E-state index in [0.717, 1.165) is 64.9 Å². The molecule has 0 saturated carbocycles. The first-order chi connectivity index (χ1) is 17.1. The Morgan fingerprint density at radius 2 is 1.29 bits per heavy atom. The van der Waals surface area contributed by atoms with Crippen LogP contribution >= 0.6 is 0 Å². The van der Waals surface area contributed by atoms with Gasteiger partial charge in [-0.1, -0.05) is 37.6 Å². The first-order valence-electron chi connectivity index (χ1n) is 13.8. The SMILES string of the molecule is CCCCN(Cc1cccc(CN(CCC[Si](OCC)(OCC)OCC)CC2CO2)c1)CC1CO1. The van der Waals surface area contributed by atoms with E-state index in [-0.39, 0.29) is 0 Å². The number of nitrogens with zero attached hydrogens (tertiary/aromatic N) is 2. The largest absolute Gasteiger partial charge is 0.500 e. The van der Waals surface area contributed by atoms with Gasteiger partial charge in [-0.05, 0) is 57.8 Å². The maximum Gasteiger partial charge on any atom is 0.500 e. The van der Waals surface area contributed by atoms with Crippen molar-refractivity contribution in [2.24, 2.45) is 0 Å². The zero-order chi connectivity index (χ0) is 24.9. The van der Waals surface area contributed by atoms with Gasteiger partial charge in [0.05, 0.1) is 25.4 Å². The Balaban J connectivity index is 1.57. The van der Waals surface area contributed by atoms with Gasteiger partial charge in [0.15, 0.2) is 0 Å². The second-order valence-electron chi connectivity index (χ2n) is 9.64. The third-order valence-electron chi connectivity index (χ3n) is 6.41. The lowest BCUT2D eigenvalue weighted by Gasteiger charge is -2.29. The molecule has 0 spiro atoms. The second-order valence-corrected chi connectivity index (χ2v) is 12.4. The van der Waals surface area contributed by atoms with Crippen molar-refractivity contribution in [2.75, 3.05) is 59.2 Å². The number of hydrogen-bond acceptors (Lipinski definition) is 7. The molecule has 2 fully saturated rings. The molecular formula is C27H48N2O5Si. The van der Waals surface area contributed by atoms with Crippen LogP contribution in [0.25, 0.3) is 0 Å². The van der Waals surface area contributed by atoms with Crippen LogP contribution < -0.4 is 0 Å². The number of rotatable bonds is 21. The van der Waals surface area contributed by atoms with Crippen LogP contribution in [0.4, 0.5) is 0 Å². The lowest BCUT2D eigenvalue weighted by atomic mass is 10.1. The highest BCUT2D eigenvalue weighted by Gasteiger charge is 2.40. The molecule has 200 valence electrons. The Hall–Kier alpha value is -0.843. The molecule has 2 saturated heterocycles. The fourth-order valence-corrected chi connectivity index (χ4v) is 7.23. The van der Waals surface area contributed by atoms with Gasteiger partial charge in [-0.3, -0.25) is 9.80 Å². The second kappa shape index (κ2) is 15.4. The number of unbranched alkanes of at least 4 members (excludes halogenated alkanes) is 1. The summed E-state index contributed by atoms with van der Waals surface area (Å²) in [7, 11) is -2.60. The number of ether oxygens (including phenoxy) is 2. The van der Waals surface area contributed by atoms with Crippen LogP contribution in [0.1, 0.15) is 58.1 Å². The zero-order valence-electron chi connectivity index (χ0n) is 22.5. The standard InChI is InChI=1S/C27H48N2O5Si/c1-5-9-14-28(20-26-22-30-26)18-24-12-10-13-25(17-24)19-29(21-27-23-31-27)15-11-16-35(32-6-2,33-7-3)34-8-4/h10,12-13,17,26-27H,5-9,11,14-16,18-23H2,1-4H3. The van der Waals surface area contributed by atoms with Gasteiger partial charge in [0, 0.05) is 52.0 Å². The van der Waals surface area contributed by atoms with Gasteiger partial charge in [0.25, 0.3) is 0 Å². The van der Waals surface area contributed by atoms with Crippen LogP contribution in [0.3, 0.4) is 0 Å². The average Bonchev–Trinajstić information content (AvgIpc) is 3.76. The molecule has 35 heavy (non-hydrogen) atoms. The molecule has 0 aromatic heterocycles. The van der Waals surface area contributed by atoms with E-state index in [1.54, 1.807) is 0 Å². The van der Waals surface area contributed by atoms with Crippen molar-refractivity contribution in [3.05, 3.63) is 35.4 Å². The van der Waals surface area contributed by atoms with Crippen LogP contribution in [0.5, 0.6) is 0 Å². The van der Waals surface area contributed by atoms with Crippen molar-refractivity contribution in [3.63, 3.8) is 0 Å². The maximum absolute atomic E-state index is 6.05. The molecule has 3 rings (SSSR count). The third-order valence-corrected chi connectivity index (χ3v) is 9.56. The van der Waals surface area contributed by atoms with Gasteiger partial charge in [0.1, 0.15) is 0 Å². The van der Waals surface area contributed by atoms with Crippen LogP contribution in [-0.2, 0) is 35.8 Å².